The number of amides is 2. The van der Waals surface area contributed by atoms with Crippen LogP contribution in [0.3, 0.4) is 0 Å². The van der Waals surface area contributed by atoms with E-state index in [1.165, 1.54) is 0 Å². The fraction of sp³-hybridized carbons (Fsp3) is 0.278. The molecule has 0 aliphatic carbocycles. The van der Waals surface area contributed by atoms with Gasteiger partial charge in [-0.2, -0.15) is 0 Å². The van der Waals surface area contributed by atoms with Crippen molar-refractivity contribution in [2.45, 2.75) is 25.7 Å². The standard InChI is InChI=1S/C18H18Cl2N2O2/c1-18(2)22(11-16(24-18)12-6-4-3-5-7-12)17(23)21-13-8-9-14(19)15(20)10-13/h3-10,16H,11H2,1-2H3,(H,21,23). The average molecular weight is 365 g/mol. The highest BCUT2D eigenvalue weighted by Gasteiger charge is 2.42. The van der Waals surface area contributed by atoms with Gasteiger partial charge >= 0.3 is 6.03 Å². The Labute approximate surface area is 151 Å². The third-order valence-electron chi connectivity index (χ3n) is 4.02. The van der Waals surface area contributed by atoms with E-state index in [4.69, 9.17) is 27.9 Å². The SMILES string of the molecule is CC1(C)OC(c2ccccc2)CN1C(=O)Nc1ccc(Cl)c(Cl)c1. The molecule has 2 aromatic rings. The number of hydrogen-bond acceptors (Lipinski definition) is 2. The van der Waals surface area contributed by atoms with Crippen molar-refractivity contribution in [2.75, 3.05) is 11.9 Å². The first-order valence-electron chi connectivity index (χ1n) is 7.63. The molecule has 3 rings (SSSR count). The summed E-state index contributed by atoms with van der Waals surface area (Å²) in [5.74, 6) is 0. The van der Waals surface area contributed by atoms with Gasteiger partial charge in [-0.15, -0.1) is 0 Å². The van der Waals surface area contributed by atoms with Crippen LogP contribution < -0.4 is 5.32 Å². The van der Waals surface area contributed by atoms with Crippen molar-refractivity contribution in [3.63, 3.8) is 0 Å². The summed E-state index contributed by atoms with van der Waals surface area (Å²) in [5, 5.41) is 3.69. The summed E-state index contributed by atoms with van der Waals surface area (Å²) >= 11 is 11.9. The molecule has 1 fully saturated rings. The molecule has 0 aromatic heterocycles. The second-order valence-electron chi connectivity index (χ2n) is 6.13. The molecule has 1 aliphatic rings. The molecule has 0 spiro atoms. The Kier molecular flexibility index (Phi) is 4.72. The Bertz CT molecular complexity index is 750. The molecule has 1 atom stereocenters. The Hall–Kier alpha value is -1.75. The van der Waals surface area contributed by atoms with E-state index in [9.17, 15) is 4.79 Å². The topological polar surface area (TPSA) is 41.6 Å². The first-order valence-corrected chi connectivity index (χ1v) is 8.39. The lowest BCUT2D eigenvalue weighted by molar-refractivity contribution is -0.0599. The maximum absolute atomic E-state index is 12.7. The van der Waals surface area contributed by atoms with Gasteiger partial charge in [-0.1, -0.05) is 53.5 Å². The number of nitrogens with one attached hydrogen (secondary N) is 1. The molecule has 1 unspecified atom stereocenters. The maximum Gasteiger partial charge on any atom is 0.324 e. The van der Waals surface area contributed by atoms with E-state index in [1.54, 1.807) is 23.1 Å². The summed E-state index contributed by atoms with van der Waals surface area (Å²) in [4.78, 5) is 14.3. The summed E-state index contributed by atoms with van der Waals surface area (Å²) in [6.07, 6.45) is -0.152. The highest BCUT2D eigenvalue weighted by Crippen LogP contribution is 2.36. The van der Waals surface area contributed by atoms with Gasteiger partial charge in [0.25, 0.3) is 0 Å². The van der Waals surface area contributed by atoms with Gasteiger partial charge in [0, 0.05) is 5.69 Å². The molecule has 0 radical (unpaired) electrons. The zero-order valence-corrected chi connectivity index (χ0v) is 14.9. The number of anilines is 1. The van der Waals surface area contributed by atoms with Crippen LogP contribution in [0.2, 0.25) is 10.0 Å². The Morgan fingerprint density at radius 3 is 2.54 bits per heavy atom. The summed E-state index contributed by atoms with van der Waals surface area (Å²) in [6, 6.07) is 14.6. The molecular formula is C18H18Cl2N2O2. The number of hydrogen-bond donors (Lipinski definition) is 1. The van der Waals surface area contributed by atoms with Crippen LogP contribution in [0.4, 0.5) is 10.5 Å². The molecule has 0 saturated carbocycles. The van der Waals surface area contributed by atoms with Gasteiger partial charge in [0.2, 0.25) is 0 Å². The van der Waals surface area contributed by atoms with Crippen molar-refractivity contribution in [2.24, 2.45) is 0 Å². The monoisotopic (exact) mass is 364 g/mol. The van der Waals surface area contributed by atoms with E-state index in [0.29, 0.717) is 22.3 Å². The summed E-state index contributed by atoms with van der Waals surface area (Å²) in [5.41, 5.74) is 0.935. The Morgan fingerprint density at radius 2 is 1.88 bits per heavy atom. The van der Waals surface area contributed by atoms with Crippen LogP contribution in [0.1, 0.15) is 25.5 Å². The quantitative estimate of drug-likeness (QED) is 0.781. The van der Waals surface area contributed by atoms with Gasteiger partial charge in [0.1, 0.15) is 11.8 Å². The lowest BCUT2D eigenvalue weighted by atomic mass is 10.1. The summed E-state index contributed by atoms with van der Waals surface area (Å²) in [6.45, 7) is 4.24. The Balaban J connectivity index is 1.75. The third kappa shape index (κ3) is 3.51. The van der Waals surface area contributed by atoms with Crippen molar-refractivity contribution in [1.82, 2.24) is 4.90 Å². The predicted octanol–water partition coefficient (Wildman–Crippen LogP) is 5.33. The third-order valence-corrected chi connectivity index (χ3v) is 4.76. The number of halogens is 2. The average Bonchev–Trinajstić information content (AvgIpc) is 2.87. The number of nitrogens with zero attached hydrogens (tertiary/aromatic N) is 1. The largest absolute Gasteiger partial charge is 0.346 e. The minimum Gasteiger partial charge on any atom is -0.346 e. The molecule has 1 heterocycles. The highest BCUT2D eigenvalue weighted by molar-refractivity contribution is 6.42. The van der Waals surface area contributed by atoms with Crippen molar-refractivity contribution in [3.8, 4) is 0 Å². The second kappa shape index (κ2) is 6.63. The van der Waals surface area contributed by atoms with Gasteiger partial charge in [-0.05, 0) is 37.6 Å². The van der Waals surface area contributed by atoms with Gasteiger partial charge < -0.3 is 10.1 Å². The van der Waals surface area contributed by atoms with Crippen LogP contribution in [0.15, 0.2) is 48.5 Å². The van der Waals surface area contributed by atoms with E-state index in [0.717, 1.165) is 5.56 Å². The number of rotatable bonds is 2. The van der Waals surface area contributed by atoms with Crippen molar-refractivity contribution < 1.29 is 9.53 Å². The van der Waals surface area contributed by atoms with E-state index >= 15 is 0 Å². The number of carbonyl (C=O) groups excluding carboxylic acids is 1. The number of benzene rings is 2. The van der Waals surface area contributed by atoms with Crippen LogP contribution >= 0.6 is 23.2 Å². The van der Waals surface area contributed by atoms with Crippen molar-refractivity contribution in [3.05, 3.63) is 64.1 Å². The maximum atomic E-state index is 12.7. The van der Waals surface area contributed by atoms with Crippen molar-refractivity contribution in [1.29, 1.82) is 0 Å². The first kappa shape index (κ1) is 17.1. The fourth-order valence-corrected chi connectivity index (χ4v) is 3.07. The minimum absolute atomic E-state index is 0.152. The Morgan fingerprint density at radius 1 is 1.17 bits per heavy atom. The first-order chi connectivity index (χ1) is 11.4. The van der Waals surface area contributed by atoms with E-state index in [-0.39, 0.29) is 12.1 Å². The number of ether oxygens (including phenoxy) is 1. The molecule has 126 valence electrons. The highest BCUT2D eigenvalue weighted by atomic mass is 35.5. The molecule has 24 heavy (non-hydrogen) atoms. The van der Waals surface area contributed by atoms with Gasteiger partial charge in [0.15, 0.2) is 0 Å². The molecule has 1 aliphatic heterocycles. The molecular weight excluding hydrogens is 347 g/mol. The minimum atomic E-state index is -0.708. The number of urea groups is 1. The van der Waals surface area contributed by atoms with Crippen LogP contribution in [0.25, 0.3) is 0 Å². The van der Waals surface area contributed by atoms with Crippen molar-refractivity contribution >= 4 is 34.9 Å². The van der Waals surface area contributed by atoms with Gasteiger partial charge in [0.05, 0.1) is 16.6 Å². The van der Waals surface area contributed by atoms with Crippen LogP contribution in [-0.2, 0) is 4.74 Å². The summed E-state index contributed by atoms with van der Waals surface area (Å²) in [7, 11) is 0. The zero-order chi connectivity index (χ0) is 17.3. The van der Waals surface area contributed by atoms with E-state index in [1.807, 2.05) is 44.2 Å². The smallest absolute Gasteiger partial charge is 0.324 e. The normalized spacial score (nSPS) is 19.3. The van der Waals surface area contributed by atoms with Crippen LogP contribution in [-0.4, -0.2) is 23.2 Å². The predicted molar refractivity (Wildman–Crippen MR) is 96.5 cm³/mol. The summed E-state index contributed by atoms with van der Waals surface area (Å²) < 4.78 is 6.07. The van der Waals surface area contributed by atoms with E-state index in [2.05, 4.69) is 5.32 Å². The number of carbonyl (C=O) groups is 1. The lowest BCUT2D eigenvalue weighted by Gasteiger charge is -2.29. The van der Waals surface area contributed by atoms with Gasteiger partial charge in [-0.3, -0.25) is 4.90 Å². The molecule has 1 N–H and O–H groups in total. The zero-order valence-electron chi connectivity index (χ0n) is 13.4. The molecule has 0 bridgehead atoms. The second-order valence-corrected chi connectivity index (χ2v) is 6.95. The van der Waals surface area contributed by atoms with Crippen LogP contribution in [0, 0.1) is 0 Å². The lowest BCUT2D eigenvalue weighted by Crippen LogP contribution is -2.45. The van der Waals surface area contributed by atoms with Gasteiger partial charge in [-0.25, -0.2) is 4.79 Å². The molecule has 2 aromatic carbocycles. The molecule has 6 heteroatoms. The molecule has 2 amide bonds. The molecule has 1 saturated heterocycles. The molecule has 4 nitrogen and oxygen atoms in total. The van der Waals surface area contributed by atoms with E-state index < -0.39 is 5.72 Å². The van der Waals surface area contributed by atoms with Crippen LogP contribution in [0.5, 0.6) is 0 Å². The fourth-order valence-electron chi connectivity index (χ4n) is 2.77.